The summed E-state index contributed by atoms with van der Waals surface area (Å²) in [6.45, 7) is 15.6. The Hall–Kier alpha value is -0.870. The molecule has 1 aliphatic heterocycles. The van der Waals surface area contributed by atoms with Crippen molar-refractivity contribution in [1.29, 1.82) is 0 Å². The van der Waals surface area contributed by atoms with E-state index in [1.54, 1.807) is 0 Å². The van der Waals surface area contributed by atoms with Gasteiger partial charge in [0, 0.05) is 31.7 Å². The average Bonchev–Trinajstić information content (AvgIpc) is 3.06. The number of piperidine rings is 1. The number of aryl methyl sites for hydroxylation is 2. The largest absolute Gasteiger partial charge is 0.444 e. The van der Waals surface area contributed by atoms with Crippen molar-refractivity contribution in [1.82, 2.24) is 20.5 Å². The highest BCUT2D eigenvalue weighted by atomic mass is 127. The second-order valence-corrected chi connectivity index (χ2v) is 9.89. The van der Waals surface area contributed by atoms with Gasteiger partial charge >= 0.3 is 0 Å². The van der Waals surface area contributed by atoms with E-state index in [0.717, 1.165) is 68.9 Å². The maximum absolute atomic E-state index is 6.08. The lowest BCUT2D eigenvalue weighted by molar-refractivity contribution is -0.113. The summed E-state index contributed by atoms with van der Waals surface area (Å²) >= 11 is 0. The molecule has 0 amide bonds. The molecule has 8 heteroatoms. The van der Waals surface area contributed by atoms with Crippen molar-refractivity contribution >= 4 is 29.9 Å². The number of oxazole rings is 1. The first-order valence-corrected chi connectivity index (χ1v) is 12.1. The van der Waals surface area contributed by atoms with Gasteiger partial charge in [-0.15, -0.1) is 24.0 Å². The molecule has 1 aromatic rings. The van der Waals surface area contributed by atoms with Crippen LogP contribution in [0.15, 0.2) is 9.41 Å². The van der Waals surface area contributed by atoms with E-state index in [4.69, 9.17) is 9.15 Å². The predicted molar refractivity (Wildman–Crippen MR) is 141 cm³/mol. The third-order valence-electron chi connectivity index (χ3n) is 7.23. The van der Waals surface area contributed by atoms with Crippen LogP contribution in [-0.4, -0.2) is 61.3 Å². The zero-order valence-electron chi connectivity index (χ0n) is 20.9. The van der Waals surface area contributed by atoms with Crippen molar-refractivity contribution in [2.75, 3.05) is 33.3 Å². The first-order chi connectivity index (χ1) is 14.8. The number of guanidine groups is 1. The van der Waals surface area contributed by atoms with E-state index in [0.29, 0.717) is 18.1 Å². The highest BCUT2D eigenvalue weighted by molar-refractivity contribution is 14.0. The van der Waals surface area contributed by atoms with Gasteiger partial charge in [-0.1, -0.05) is 27.2 Å². The number of unbranched alkanes of at least 4 members (excludes halogenated alkanes) is 1. The fourth-order valence-corrected chi connectivity index (χ4v) is 4.53. The molecule has 3 rings (SSSR count). The van der Waals surface area contributed by atoms with Gasteiger partial charge in [0.05, 0.1) is 18.3 Å². The first-order valence-electron chi connectivity index (χ1n) is 12.1. The highest BCUT2D eigenvalue weighted by Gasteiger charge is 2.49. The van der Waals surface area contributed by atoms with Crippen molar-refractivity contribution in [3.63, 3.8) is 0 Å². The Labute approximate surface area is 211 Å². The summed E-state index contributed by atoms with van der Waals surface area (Å²) in [7, 11) is 1.86. The number of likely N-dealkylation sites (tertiary alicyclic amines) is 1. The Morgan fingerprint density at radius 3 is 2.56 bits per heavy atom. The summed E-state index contributed by atoms with van der Waals surface area (Å²) in [5, 5.41) is 7.20. The van der Waals surface area contributed by atoms with Gasteiger partial charge in [-0.25, -0.2) is 4.98 Å². The molecule has 184 valence electrons. The second-order valence-electron chi connectivity index (χ2n) is 9.89. The standard InChI is InChI=1S/C24H43N5O2.HI/c1-7-8-13-30-21-14-20(24(21,4)5)28-23(25-6)26-15-19-9-11-29(12-10-19)16-22-27-17(2)18(3)31-22;/h19-21H,7-16H2,1-6H3,(H2,25,26,28);1H. The van der Waals surface area contributed by atoms with Crippen LogP contribution in [0.3, 0.4) is 0 Å². The van der Waals surface area contributed by atoms with E-state index >= 15 is 0 Å². The first kappa shape index (κ1) is 27.4. The van der Waals surface area contributed by atoms with Crippen LogP contribution in [-0.2, 0) is 11.3 Å². The molecule has 32 heavy (non-hydrogen) atoms. The highest BCUT2D eigenvalue weighted by Crippen LogP contribution is 2.42. The summed E-state index contributed by atoms with van der Waals surface area (Å²) in [6.07, 6.45) is 6.09. The molecule has 2 fully saturated rings. The van der Waals surface area contributed by atoms with Gasteiger partial charge in [0.1, 0.15) is 5.76 Å². The normalized spacial score (nSPS) is 24.0. The summed E-state index contributed by atoms with van der Waals surface area (Å²) < 4.78 is 11.8. The Morgan fingerprint density at radius 2 is 2.00 bits per heavy atom. The van der Waals surface area contributed by atoms with Crippen molar-refractivity contribution in [2.45, 2.75) is 85.4 Å². The van der Waals surface area contributed by atoms with Crippen molar-refractivity contribution in [3.8, 4) is 0 Å². The number of nitrogens with zero attached hydrogens (tertiary/aromatic N) is 3. The monoisotopic (exact) mass is 561 g/mol. The van der Waals surface area contributed by atoms with Gasteiger partial charge in [-0.3, -0.25) is 9.89 Å². The molecule has 1 aliphatic carbocycles. The molecule has 7 nitrogen and oxygen atoms in total. The molecule has 0 spiro atoms. The Bertz CT molecular complexity index is 708. The molecule has 2 N–H and O–H groups in total. The molecular weight excluding hydrogens is 517 g/mol. The van der Waals surface area contributed by atoms with Gasteiger partial charge in [-0.05, 0) is 58.5 Å². The van der Waals surface area contributed by atoms with E-state index in [1.807, 2.05) is 20.9 Å². The van der Waals surface area contributed by atoms with Gasteiger partial charge in [-0.2, -0.15) is 0 Å². The fraction of sp³-hybridized carbons (Fsp3) is 0.833. The van der Waals surface area contributed by atoms with Crippen molar-refractivity contribution < 1.29 is 9.15 Å². The maximum atomic E-state index is 6.08. The van der Waals surface area contributed by atoms with E-state index in [-0.39, 0.29) is 29.4 Å². The fourth-order valence-electron chi connectivity index (χ4n) is 4.53. The van der Waals surface area contributed by atoms with Crippen LogP contribution in [0.5, 0.6) is 0 Å². The predicted octanol–water partition coefficient (Wildman–Crippen LogP) is 4.27. The lowest BCUT2D eigenvalue weighted by Crippen LogP contribution is -2.63. The smallest absolute Gasteiger partial charge is 0.208 e. The maximum Gasteiger partial charge on any atom is 0.208 e. The summed E-state index contributed by atoms with van der Waals surface area (Å²) in [4.78, 5) is 11.4. The molecular formula is C24H44IN5O2. The molecule has 1 saturated heterocycles. The summed E-state index contributed by atoms with van der Waals surface area (Å²) in [5.41, 5.74) is 1.13. The van der Waals surface area contributed by atoms with Crippen LogP contribution in [0.2, 0.25) is 0 Å². The average molecular weight is 562 g/mol. The quantitative estimate of drug-likeness (QED) is 0.203. The number of aromatic nitrogens is 1. The van der Waals surface area contributed by atoms with Crippen LogP contribution < -0.4 is 10.6 Å². The van der Waals surface area contributed by atoms with E-state index in [2.05, 4.69) is 46.3 Å². The number of nitrogens with one attached hydrogen (secondary N) is 2. The van der Waals surface area contributed by atoms with Crippen LogP contribution in [0.4, 0.5) is 0 Å². The molecule has 0 aromatic carbocycles. The SMILES string of the molecule is CCCCOC1CC(NC(=NC)NCC2CCN(Cc3nc(C)c(C)o3)CC2)C1(C)C.I. The van der Waals surface area contributed by atoms with Gasteiger partial charge in [0.15, 0.2) is 5.96 Å². The minimum atomic E-state index is 0. The van der Waals surface area contributed by atoms with Crippen LogP contribution >= 0.6 is 24.0 Å². The number of ether oxygens (including phenoxy) is 1. The van der Waals surface area contributed by atoms with Gasteiger partial charge in [0.25, 0.3) is 0 Å². The molecule has 2 heterocycles. The molecule has 2 atom stereocenters. The van der Waals surface area contributed by atoms with E-state index in [9.17, 15) is 0 Å². The Kier molecular flexibility index (Phi) is 10.7. The van der Waals surface area contributed by atoms with E-state index in [1.165, 1.54) is 19.3 Å². The Balaban J connectivity index is 0.00000363. The van der Waals surface area contributed by atoms with Crippen LogP contribution in [0, 0.1) is 25.2 Å². The molecule has 1 saturated carbocycles. The molecule has 2 aliphatic rings. The lowest BCUT2D eigenvalue weighted by atomic mass is 9.64. The van der Waals surface area contributed by atoms with Gasteiger partial charge < -0.3 is 19.8 Å². The molecule has 1 aromatic heterocycles. The molecule has 0 bridgehead atoms. The van der Waals surface area contributed by atoms with Crippen molar-refractivity contribution in [3.05, 3.63) is 17.3 Å². The third-order valence-corrected chi connectivity index (χ3v) is 7.23. The zero-order valence-corrected chi connectivity index (χ0v) is 23.2. The number of rotatable bonds is 9. The number of aliphatic imine (C=N–C) groups is 1. The lowest BCUT2D eigenvalue weighted by Gasteiger charge is -2.52. The Morgan fingerprint density at radius 1 is 1.28 bits per heavy atom. The minimum Gasteiger partial charge on any atom is -0.444 e. The topological polar surface area (TPSA) is 74.9 Å². The number of halogens is 1. The summed E-state index contributed by atoms with van der Waals surface area (Å²) in [6, 6.07) is 0.403. The second kappa shape index (κ2) is 12.6. The van der Waals surface area contributed by atoms with Crippen LogP contribution in [0.25, 0.3) is 0 Å². The number of hydrogen-bond acceptors (Lipinski definition) is 5. The zero-order chi connectivity index (χ0) is 22.4. The van der Waals surface area contributed by atoms with Gasteiger partial charge in [0.2, 0.25) is 5.89 Å². The summed E-state index contributed by atoms with van der Waals surface area (Å²) in [5.74, 6) is 3.36. The minimum absolute atomic E-state index is 0. The number of hydrogen-bond donors (Lipinski definition) is 2. The molecule has 0 radical (unpaired) electrons. The van der Waals surface area contributed by atoms with Crippen LogP contribution in [0.1, 0.15) is 70.2 Å². The van der Waals surface area contributed by atoms with E-state index < -0.39 is 0 Å². The molecule has 2 unspecified atom stereocenters. The third kappa shape index (κ3) is 7.06. The van der Waals surface area contributed by atoms with Crippen molar-refractivity contribution in [2.24, 2.45) is 16.3 Å².